The van der Waals surface area contributed by atoms with Gasteiger partial charge < -0.3 is 15.5 Å². The number of carbonyl (C=O) groups excluding carboxylic acids is 1. The maximum atomic E-state index is 13.4. The Morgan fingerprint density at radius 3 is 2.52 bits per heavy atom. The van der Waals surface area contributed by atoms with Crippen molar-refractivity contribution >= 4 is 35.8 Å². The number of guanidine groups is 1. The van der Waals surface area contributed by atoms with Gasteiger partial charge in [-0.1, -0.05) is 19.4 Å². The van der Waals surface area contributed by atoms with E-state index in [2.05, 4.69) is 22.5 Å². The van der Waals surface area contributed by atoms with E-state index in [4.69, 9.17) is 0 Å². The summed E-state index contributed by atoms with van der Waals surface area (Å²) in [5, 5.41) is 6.25. The smallest absolute Gasteiger partial charge is 0.243 e. The van der Waals surface area contributed by atoms with Gasteiger partial charge in [0.05, 0.1) is 6.04 Å². The fraction of sp³-hybridized carbons (Fsp3) is 0.529. The van der Waals surface area contributed by atoms with Gasteiger partial charge in [0.25, 0.3) is 0 Å². The maximum absolute atomic E-state index is 13.4. The maximum Gasteiger partial charge on any atom is 0.243 e. The predicted molar refractivity (Wildman–Crippen MR) is 107 cm³/mol. The first-order chi connectivity index (χ1) is 11.3. The molecule has 1 amide bonds. The van der Waals surface area contributed by atoms with Gasteiger partial charge in [-0.05, 0) is 31.0 Å². The summed E-state index contributed by atoms with van der Waals surface area (Å²) in [5.41, 5.74) is 0.595. The Balaban J connectivity index is 0.00000576. The lowest BCUT2D eigenvalue weighted by atomic mass is 10.1. The van der Waals surface area contributed by atoms with Gasteiger partial charge in [-0.15, -0.1) is 24.0 Å². The Hall–Kier alpha value is -1.45. The molecule has 1 aromatic carbocycles. The van der Waals surface area contributed by atoms with Gasteiger partial charge >= 0.3 is 0 Å². The van der Waals surface area contributed by atoms with Gasteiger partial charge in [0.1, 0.15) is 6.54 Å². The quantitative estimate of drug-likeness (QED) is 0.280. The lowest BCUT2D eigenvalue weighted by Gasteiger charge is -2.19. The molecule has 1 atom stereocenters. The second kappa shape index (κ2) is 12.0. The van der Waals surface area contributed by atoms with Crippen LogP contribution in [0.5, 0.6) is 0 Å². The van der Waals surface area contributed by atoms with E-state index >= 15 is 0 Å². The van der Waals surface area contributed by atoms with Crippen LogP contribution in [0, 0.1) is 11.6 Å². The molecule has 142 valence electrons. The zero-order valence-electron chi connectivity index (χ0n) is 15.1. The number of aliphatic imine (C=N–C) groups is 1. The van der Waals surface area contributed by atoms with E-state index in [1.54, 1.807) is 14.1 Å². The van der Waals surface area contributed by atoms with Crippen LogP contribution in [0.3, 0.4) is 0 Å². The van der Waals surface area contributed by atoms with Crippen LogP contribution in [0.15, 0.2) is 23.2 Å². The first kappa shape index (κ1) is 23.5. The zero-order valence-corrected chi connectivity index (χ0v) is 17.4. The number of hydrogen-bond donors (Lipinski definition) is 2. The summed E-state index contributed by atoms with van der Waals surface area (Å²) < 4.78 is 26.4. The van der Waals surface area contributed by atoms with Crippen LogP contribution in [0.25, 0.3) is 0 Å². The van der Waals surface area contributed by atoms with Gasteiger partial charge in [-0.3, -0.25) is 4.79 Å². The predicted octanol–water partition coefficient (Wildman–Crippen LogP) is 3.07. The first-order valence-corrected chi connectivity index (χ1v) is 8.05. The van der Waals surface area contributed by atoms with Crippen LogP contribution in [0.4, 0.5) is 8.78 Å². The number of rotatable bonds is 7. The number of benzene rings is 1. The minimum absolute atomic E-state index is 0. The van der Waals surface area contributed by atoms with Crippen molar-refractivity contribution in [1.29, 1.82) is 0 Å². The molecule has 0 aliphatic rings. The lowest BCUT2D eigenvalue weighted by Crippen LogP contribution is -2.40. The highest BCUT2D eigenvalue weighted by molar-refractivity contribution is 14.0. The number of halogens is 3. The molecule has 1 rings (SSSR count). The Kier molecular flexibility index (Phi) is 11.3. The monoisotopic (exact) mass is 468 g/mol. The van der Waals surface area contributed by atoms with Gasteiger partial charge in [0, 0.05) is 20.6 Å². The molecule has 25 heavy (non-hydrogen) atoms. The van der Waals surface area contributed by atoms with E-state index in [0.29, 0.717) is 18.1 Å². The molecule has 0 aromatic heterocycles. The third-order valence-corrected chi connectivity index (χ3v) is 3.49. The summed E-state index contributed by atoms with van der Waals surface area (Å²) in [6.45, 7) is 4.62. The Bertz CT molecular complexity index is 582. The second-order valence-corrected chi connectivity index (χ2v) is 5.77. The molecule has 2 N–H and O–H groups in total. The highest BCUT2D eigenvalue weighted by Gasteiger charge is 2.12. The van der Waals surface area contributed by atoms with Crippen molar-refractivity contribution in [3.8, 4) is 0 Å². The molecule has 8 heteroatoms. The average Bonchev–Trinajstić information content (AvgIpc) is 2.54. The van der Waals surface area contributed by atoms with Crippen LogP contribution >= 0.6 is 24.0 Å². The average molecular weight is 468 g/mol. The Morgan fingerprint density at radius 2 is 1.96 bits per heavy atom. The molecule has 5 nitrogen and oxygen atoms in total. The van der Waals surface area contributed by atoms with Gasteiger partial charge in [-0.2, -0.15) is 0 Å². The summed E-state index contributed by atoms with van der Waals surface area (Å²) >= 11 is 0. The number of amides is 1. The minimum Gasteiger partial charge on any atom is -0.356 e. The van der Waals surface area contributed by atoms with E-state index in [9.17, 15) is 13.6 Å². The van der Waals surface area contributed by atoms with Crippen molar-refractivity contribution in [2.75, 3.05) is 27.2 Å². The molecule has 0 heterocycles. The van der Waals surface area contributed by atoms with E-state index < -0.39 is 11.6 Å². The normalized spacial score (nSPS) is 12.2. The topological polar surface area (TPSA) is 56.7 Å². The molecule has 0 saturated carbocycles. The van der Waals surface area contributed by atoms with Crippen molar-refractivity contribution in [3.63, 3.8) is 0 Å². The van der Waals surface area contributed by atoms with Crippen molar-refractivity contribution in [2.24, 2.45) is 4.99 Å². The van der Waals surface area contributed by atoms with Crippen LogP contribution in [-0.2, 0) is 4.79 Å². The molecule has 0 radical (unpaired) electrons. The molecule has 0 fully saturated rings. The fourth-order valence-electron chi connectivity index (χ4n) is 1.89. The van der Waals surface area contributed by atoms with E-state index in [-0.39, 0.29) is 42.5 Å². The minimum atomic E-state index is -0.888. The number of unbranched alkanes of at least 4 members (excludes halogenated alkanes) is 1. The van der Waals surface area contributed by atoms with Gasteiger partial charge in [-0.25, -0.2) is 13.8 Å². The summed E-state index contributed by atoms with van der Waals surface area (Å²) in [6.07, 6.45) is 1.98. The van der Waals surface area contributed by atoms with Crippen molar-refractivity contribution < 1.29 is 13.6 Å². The molecule has 0 spiro atoms. The molecule has 1 unspecified atom stereocenters. The largest absolute Gasteiger partial charge is 0.356 e. The lowest BCUT2D eigenvalue weighted by molar-refractivity contribution is -0.127. The summed E-state index contributed by atoms with van der Waals surface area (Å²) in [7, 11) is 3.33. The number of likely N-dealkylation sites (N-methyl/N-ethyl adjacent to an activating group) is 1. The Labute approximate surface area is 165 Å². The van der Waals surface area contributed by atoms with Gasteiger partial charge in [0.15, 0.2) is 17.6 Å². The van der Waals surface area contributed by atoms with E-state index in [1.807, 2.05) is 6.92 Å². The number of carbonyl (C=O) groups is 1. The molecule has 0 bridgehead atoms. The van der Waals surface area contributed by atoms with Crippen LogP contribution < -0.4 is 10.6 Å². The third kappa shape index (κ3) is 8.46. The van der Waals surface area contributed by atoms with E-state index in [0.717, 1.165) is 25.0 Å². The summed E-state index contributed by atoms with van der Waals surface area (Å²) in [4.78, 5) is 17.4. The summed E-state index contributed by atoms with van der Waals surface area (Å²) in [5.74, 6) is -1.41. The first-order valence-electron chi connectivity index (χ1n) is 8.05. The molecular formula is C17H27F2IN4O. The number of nitrogens with one attached hydrogen (secondary N) is 2. The molecule has 0 aliphatic carbocycles. The van der Waals surface area contributed by atoms with Crippen LogP contribution in [0.2, 0.25) is 0 Å². The zero-order chi connectivity index (χ0) is 18.1. The van der Waals surface area contributed by atoms with Crippen molar-refractivity contribution in [3.05, 3.63) is 35.4 Å². The highest BCUT2D eigenvalue weighted by atomic mass is 127. The third-order valence-electron chi connectivity index (χ3n) is 3.49. The van der Waals surface area contributed by atoms with Crippen molar-refractivity contribution in [1.82, 2.24) is 15.5 Å². The van der Waals surface area contributed by atoms with Crippen molar-refractivity contribution in [2.45, 2.75) is 32.7 Å². The fourth-order valence-corrected chi connectivity index (χ4v) is 1.89. The number of nitrogens with zero attached hydrogens (tertiary/aromatic N) is 2. The standard InChI is InChI=1S/C17H26F2N4O.HI/c1-5-6-9-20-17(21-11-16(24)23(3)4)22-12(2)13-7-8-14(18)15(19)10-13;/h7-8,10,12H,5-6,9,11H2,1-4H3,(H2,20,21,22);1H. The van der Waals surface area contributed by atoms with Gasteiger partial charge in [0.2, 0.25) is 5.91 Å². The highest BCUT2D eigenvalue weighted by Crippen LogP contribution is 2.15. The summed E-state index contributed by atoms with van der Waals surface area (Å²) in [6, 6.07) is 3.48. The molecule has 0 saturated heterocycles. The van der Waals surface area contributed by atoms with E-state index in [1.165, 1.54) is 11.0 Å². The molecular weight excluding hydrogens is 441 g/mol. The number of hydrogen-bond acceptors (Lipinski definition) is 2. The Morgan fingerprint density at radius 1 is 1.28 bits per heavy atom. The molecule has 1 aromatic rings. The second-order valence-electron chi connectivity index (χ2n) is 5.77. The molecule has 0 aliphatic heterocycles. The van der Waals surface area contributed by atoms with Crippen LogP contribution in [-0.4, -0.2) is 44.0 Å². The van der Waals surface area contributed by atoms with Crippen LogP contribution in [0.1, 0.15) is 38.3 Å². The SMILES string of the molecule is CCCCNC(=NCC(=O)N(C)C)NC(C)c1ccc(F)c(F)c1.I.